The maximum Gasteiger partial charge on any atom is 0.232 e. The van der Waals surface area contributed by atoms with Gasteiger partial charge in [-0.2, -0.15) is 0 Å². The number of rotatable bonds is 5. The molecule has 0 spiro atoms. The van der Waals surface area contributed by atoms with E-state index in [-0.39, 0.29) is 24.1 Å². The predicted octanol–water partition coefficient (Wildman–Crippen LogP) is -1.04. The molecule has 4 N–H and O–H groups in total. The van der Waals surface area contributed by atoms with Crippen molar-refractivity contribution in [3.05, 3.63) is 0 Å². The van der Waals surface area contributed by atoms with Crippen molar-refractivity contribution >= 4 is 17.6 Å². The van der Waals surface area contributed by atoms with Crippen LogP contribution in [-0.2, 0) is 9.59 Å². The van der Waals surface area contributed by atoms with Crippen molar-refractivity contribution in [2.75, 3.05) is 20.6 Å². The summed E-state index contributed by atoms with van der Waals surface area (Å²) in [6.07, 6.45) is 0.224. The van der Waals surface area contributed by atoms with Crippen LogP contribution in [0, 0.1) is 5.92 Å². The second kappa shape index (κ2) is 6.65. The standard InChI is InChI=1S/C9H18N4O3/c1-6(8(10)12-16)9(15)13(3)5-4-7(14)11-2/h6,16H,4-5H2,1-3H3,(H2,10,12)(H,11,14). The molecule has 92 valence electrons. The van der Waals surface area contributed by atoms with Gasteiger partial charge in [0, 0.05) is 27.1 Å². The minimum atomic E-state index is -0.695. The Morgan fingerprint density at radius 3 is 2.56 bits per heavy atom. The summed E-state index contributed by atoms with van der Waals surface area (Å²) in [6.45, 7) is 1.83. The van der Waals surface area contributed by atoms with Gasteiger partial charge in [0.25, 0.3) is 0 Å². The lowest BCUT2D eigenvalue weighted by molar-refractivity contribution is -0.132. The number of amidine groups is 1. The van der Waals surface area contributed by atoms with Crippen LogP contribution < -0.4 is 11.1 Å². The zero-order chi connectivity index (χ0) is 12.7. The molecule has 0 radical (unpaired) electrons. The first kappa shape index (κ1) is 14.2. The van der Waals surface area contributed by atoms with E-state index in [4.69, 9.17) is 10.9 Å². The molecule has 2 amide bonds. The molecule has 0 aliphatic carbocycles. The second-order valence-electron chi connectivity index (χ2n) is 3.43. The first-order valence-electron chi connectivity index (χ1n) is 4.87. The Morgan fingerprint density at radius 2 is 2.12 bits per heavy atom. The first-order valence-corrected chi connectivity index (χ1v) is 4.87. The Kier molecular flexibility index (Phi) is 5.91. The third-order valence-electron chi connectivity index (χ3n) is 2.26. The van der Waals surface area contributed by atoms with E-state index in [0.717, 1.165) is 0 Å². The van der Waals surface area contributed by atoms with Crippen LogP contribution in [0.3, 0.4) is 0 Å². The maximum absolute atomic E-state index is 11.7. The molecular formula is C9H18N4O3. The number of oxime groups is 1. The Hall–Kier alpha value is -1.79. The fraction of sp³-hybridized carbons (Fsp3) is 0.667. The molecule has 0 heterocycles. The minimum Gasteiger partial charge on any atom is -0.409 e. The van der Waals surface area contributed by atoms with Gasteiger partial charge in [0.15, 0.2) is 5.84 Å². The molecule has 0 fully saturated rings. The quantitative estimate of drug-likeness (QED) is 0.243. The van der Waals surface area contributed by atoms with E-state index in [9.17, 15) is 9.59 Å². The van der Waals surface area contributed by atoms with Gasteiger partial charge >= 0.3 is 0 Å². The van der Waals surface area contributed by atoms with Gasteiger partial charge in [-0.3, -0.25) is 9.59 Å². The zero-order valence-electron chi connectivity index (χ0n) is 9.73. The number of nitrogens with one attached hydrogen (secondary N) is 1. The Morgan fingerprint density at radius 1 is 1.56 bits per heavy atom. The van der Waals surface area contributed by atoms with Gasteiger partial charge in [0.05, 0.1) is 5.92 Å². The molecule has 0 saturated heterocycles. The minimum absolute atomic E-state index is 0.142. The SMILES string of the molecule is CNC(=O)CCN(C)C(=O)C(C)C(N)=NO. The van der Waals surface area contributed by atoms with E-state index >= 15 is 0 Å². The zero-order valence-corrected chi connectivity index (χ0v) is 9.73. The van der Waals surface area contributed by atoms with Crippen LogP contribution in [0.4, 0.5) is 0 Å². The van der Waals surface area contributed by atoms with Crippen molar-refractivity contribution in [2.45, 2.75) is 13.3 Å². The largest absolute Gasteiger partial charge is 0.409 e. The van der Waals surface area contributed by atoms with Gasteiger partial charge in [-0.25, -0.2) is 0 Å². The number of amides is 2. The molecule has 0 rings (SSSR count). The van der Waals surface area contributed by atoms with Gasteiger partial charge < -0.3 is 21.2 Å². The number of hydrogen-bond acceptors (Lipinski definition) is 4. The Balaban J connectivity index is 4.23. The molecule has 0 aromatic carbocycles. The smallest absolute Gasteiger partial charge is 0.232 e. The summed E-state index contributed by atoms with van der Waals surface area (Å²) < 4.78 is 0. The molecule has 7 heteroatoms. The van der Waals surface area contributed by atoms with Crippen LogP contribution in [0.25, 0.3) is 0 Å². The van der Waals surface area contributed by atoms with Crippen LogP contribution in [0.1, 0.15) is 13.3 Å². The van der Waals surface area contributed by atoms with Crippen LogP contribution >= 0.6 is 0 Å². The topological polar surface area (TPSA) is 108 Å². The highest BCUT2D eigenvalue weighted by atomic mass is 16.4. The molecule has 7 nitrogen and oxygen atoms in total. The highest BCUT2D eigenvalue weighted by Gasteiger charge is 2.21. The normalized spacial score (nSPS) is 13.1. The van der Waals surface area contributed by atoms with Crippen molar-refractivity contribution < 1.29 is 14.8 Å². The predicted molar refractivity (Wildman–Crippen MR) is 58.9 cm³/mol. The first-order chi connectivity index (χ1) is 7.43. The molecule has 0 aromatic rings. The van der Waals surface area contributed by atoms with E-state index in [0.29, 0.717) is 6.54 Å². The number of carbonyl (C=O) groups excluding carboxylic acids is 2. The van der Waals surface area contributed by atoms with Crippen LogP contribution in [-0.4, -0.2) is 48.4 Å². The van der Waals surface area contributed by atoms with Crippen LogP contribution in [0.2, 0.25) is 0 Å². The molecule has 16 heavy (non-hydrogen) atoms. The lowest BCUT2D eigenvalue weighted by atomic mass is 10.1. The molecule has 0 aliphatic rings. The average Bonchev–Trinajstić information content (AvgIpc) is 2.32. The second-order valence-corrected chi connectivity index (χ2v) is 3.43. The molecule has 0 bridgehead atoms. The number of nitrogens with two attached hydrogens (primary N) is 1. The van der Waals surface area contributed by atoms with Gasteiger partial charge in [-0.05, 0) is 6.92 Å². The summed E-state index contributed by atoms with van der Waals surface area (Å²) in [5.41, 5.74) is 5.31. The van der Waals surface area contributed by atoms with Crippen molar-refractivity contribution in [3.63, 3.8) is 0 Å². The van der Waals surface area contributed by atoms with E-state index in [1.54, 1.807) is 7.05 Å². The molecule has 1 unspecified atom stereocenters. The van der Waals surface area contributed by atoms with Crippen molar-refractivity contribution in [1.82, 2.24) is 10.2 Å². The summed E-state index contributed by atoms with van der Waals surface area (Å²) in [4.78, 5) is 24.0. The summed E-state index contributed by atoms with van der Waals surface area (Å²) in [5, 5.41) is 13.6. The van der Waals surface area contributed by atoms with Crippen molar-refractivity contribution in [3.8, 4) is 0 Å². The third kappa shape index (κ3) is 4.16. The number of nitrogens with zero attached hydrogens (tertiary/aromatic N) is 2. The van der Waals surface area contributed by atoms with E-state index in [2.05, 4.69) is 10.5 Å². The molecule has 0 aliphatic heterocycles. The van der Waals surface area contributed by atoms with Gasteiger partial charge in [0.2, 0.25) is 11.8 Å². The van der Waals surface area contributed by atoms with Gasteiger partial charge in [-0.1, -0.05) is 5.16 Å². The monoisotopic (exact) mass is 230 g/mol. The van der Waals surface area contributed by atoms with Crippen molar-refractivity contribution in [1.29, 1.82) is 0 Å². The van der Waals surface area contributed by atoms with Gasteiger partial charge in [-0.15, -0.1) is 0 Å². The van der Waals surface area contributed by atoms with Crippen molar-refractivity contribution in [2.24, 2.45) is 16.8 Å². The lowest BCUT2D eigenvalue weighted by Crippen LogP contribution is -2.39. The summed E-state index contributed by atoms with van der Waals surface area (Å²) in [7, 11) is 3.09. The van der Waals surface area contributed by atoms with Crippen LogP contribution in [0.5, 0.6) is 0 Å². The molecule has 1 atom stereocenters. The average molecular weight is 230 g/mol. The van der Waals surface area contributed by atoms with E-state index in [1.807, 2.05) is 0 Å². The molecular weight excluding hydrogens is 212 g/mol. The highest BCUT2D eigenvalue weighted by Crippen LogP contribution is 2.01. The molecule has 0 aromatic heterocycles. The maximum atomic E-state index is 11.7. The summed E-state index contributed by atoms with van der Waals surface area (Å²) in [6, 6.07) is 0. The number of hydrogen-bond donors (Lipinski definition) is 3. The summed E-state index contributed by atoms with van der Waals surface area (Å²) in [5.74, 6) is -1.27. The van der Waals surface area contributed by atoms with Gasteiger partial charge in [0.1, 0.15) is 0 Å². The highest BCUT2D eigenvalue weighted by molar-refractivity contribution is 6.01. The van der Waals surface area contributed by atoms with Crippen LogP contribution in [0.15, 0.2) is 5.16 Å². The Labute approximate surface area is 94.3 Å². The fourth-order valence-corrected chi connectivity index (χ4v) is 1.05. The van der Waals surface area contributed by atoms with E-state index in [1.165, 1.54) is 18.9 Å². The fourth-order valence-electron chi connectivity index (χ4n) is 1.05. The molecule has 0 saturated carbocycles. The Bertz CT molecular complexity index is 290. The van der Waals surface area contributed by atoms with E-state index < -0.39 is 5.92 Å². The number of carbonyl (C=O) groups is 2. The summed E-state index contributed by atoms with van der Waals surface area (Å²) >= 11 is 0. The third-order valence-corrected chi connectivity index (χ3v) is 2.26. The lowest BCUT2D eigenvalue weighted by Gasteiger charge is -2.20.